The third kappa shape index (κ3) is 6.04. The fraction of sp³-hybridized carbons (Fsp3) is 0.458. The average Bonchev–Trinajstić information content (AvgIpc) is 2.76. The number of nitrogens with zero attached hydrogens (tertiary/aromatic N) is 1. The van der Waals surface area contributed by atoms with Crippen LogP contribution < -0.4 is 24.4 Å². The highest BCUT2D eigenvalue weighted by molar-refractivity contribution is 5.96. The molecule has 0 aliphatic carbocycles. The van der Waals surface area contributed by atoms with Crippen LogP contribution in [0.2, 0.25) is 0 Å². The summed E-state index contributed by atoms with van der Waals surface area (Å²) in [6.07, 6.45) is -0.675. The fourth-order valence-corrected chi connectivity index (χ4v) is 3.42. The van der Waals surface area contributed by atoms with E-state index in [0.717, 1.165) is 24.3 Å². The Morgan fingerprint density at radius 2 is 1.81 bits per heavy atom. The lowest BCUT2D eigenvalue weighted by atomic mass is 10.2. The monoisotopic (exact) mass is 428 g/mol. The normalized spacial score (nSPS) is 14.6. The zero-order valence-corrected chi connectivity index (χ0v) is 18.8. The third-order valence-electron chi connectivity index (χ3n) is 4.94. The van der Waals surface area contributed by atoms with Gasteiger partial charge in [-0.2, -0.15) is 0 Å². The molecule has 1 amide bonds. The molecule has 0 spiro atoms. The van der Waals surface area contributed by atoms with Gasteiger partial charge in [0.1, 0.15) is 17.2 Å². The van der Waals surface area contributed by atoms with Gasteiger partial charge in [-0.3, -0.25) is 4.79 Å². The summed E-state index contributed by atoms with van der Waals surface area (Å²) in [4.78, 5) is 15.1. The van der Waals surface area contributed by atoms with E-state index in [1.807, 2.05) is 57.2 Å². The number of aryl methyl sites for hydroxylation is 1. The molecule has 31 heavy (non-hydrogen) atoms. The summed E-state index contributed by atoms with van der Waals surface area (Å²) in [5.41, 5.74) is 2.58. The lowest BCUT2D eigenvalue weighted by Gasteiger charge is -2.31. The lowest BCUT2D eigenvalue weighted by Crippen LogP contribution is -2.36. The van der Waals surface area contributed by atoms with Crippen molar-refractivity contribution in [1.82, 2.24) is 0 Å². The number of hydrogen-bond acceptors (Lipinski definition) is 6. The second-order valence-corrected chi connectivity index (χ2v) is 7.35. The van der Waals surface area contributed by atoms with Crippen molar-refractivity contribution in [1.29, 1.82) is 0 Å². The zero-order valence-electron chi connectivity index (χ0n) is 18.8. The second kappa shape index (κ2) is 10.9. The van der Waals surface area contributed by atoms with Crippen LogP contribution in [-0.4, -0.2) is 51.5 Å². The van der Waals surface area contributed by atoms with Crippen LogP contribution in [0.4, 0.5) is 11.4 Å². The zero-order chi connectivity index (χ0) is 22.2. The SMILES string of the molecule is CCOc1cc(N2CCOCC2)c(OCC)cc1NC(=O)C(C)Oc1cccc(C)c1. The van der Waals surface area contributed by atoms with Crippen molar-refractivity contribution in [3.63, 3.8) is 0 Å². The van der Waals surface area contributed by atoms with Gasteiger partial charge >= 0.3 is 0 Å². The minimum Gasteiger partial charge on any atom is -0.492 e. The molecule has 1 saturated heterocycles. The van der Waals surface area contributed by atoms with Gasteiger partial charge in [0.15, 0.2) is 6.10 Å². The molecule has 7 nitrogen and oxygen atoms in total. The Balaban J connectivity index is 1.82. The smallest absolute Gasteiger partial charge is 0.265 e. The number of ether oxygens (including phenoxy) is 4. The molecule has 0 aromatic heterocycles. The van der Waals surface area contributed by atoms with Gasteiger partial charge in [-0.15, -0.1) is 0 Å². The van der Waals surface area contributed by atoms with Gasteiger partial charge in [-0.1, -0.05) is 12.1 Å². The Morgan fingerprint density at radius 1 is 1.10 bits per heavy atom. The van der Waals surface area contributed by atoms with E-state index in [1.165, 1.54) is 0 Å². The van der Waals surface area contributed by atoms with E-state index in [2.05, 4.69) is 10.2 Å². The van der Waals surface area contributed by atoms with Crippen LogP contribution in [0.5, 0.6) is 17.2 Å². The van der Waals surface area contributed by atoms with Gasteiger partial charge in [0, 0.05) is 25.2 Å². The van der Waals surface area contributed by atoms with Crippen molar-refractivity contribution in [3.8, 4) is 17.2 Å². The number of carbonyl (C=O) groups is 1. The average molecular weight is 429 g/mol. The maximum Gasteiger partial charge on any atom is 0.265 e. The standard InChI is InChI=1S/C24H32N2O5/c1-5-29-22-16-21(26-10-12-28-13-11-26)23(30-6-2)15-20(22)25-24(27)18(4)31-19-9-7-8-17(3)14-19/h7-9,14-16,18H,5-6,10-13H2,1-4H3,(H,25,27). The summed E-state index contributed by atoms with van der Waals surface area (Å²) >= 11 is 0. The largest absolute Gasteiger partial charge is 0.492 e. The topological polar surface area (TPSA) is 69.3 Å². The highest BCUT2D eigenvalue weighted by atomic mass is 16.5. The van der Waals surface area contributed by atoms with Crippen LogP contribution in [0, 0.1) is 6.92 Å². The molecule has 7 heteroatoms. The number of carbonyl (C=O) groups excluding carboxylic acids is 1. The molecule has 1 fully saturated rings. The van der Waals surface area contributed by atoms with Gasteiger partial charge < -0.3 is 29.2 Å². The molecule has 168 valence electrons. The summed E-state index contributed by atoms with van der Waals surface area (Å²) in [5.74, 6) is 1.70. The first-order valence-corrected chi connectivity index (χ1v) is 10.8. The van der Waals surface area contributed by atoms with E-state index in [0.29, 0.717) is 49.4 Å². The van der Waals surface area contributed by atoms with Crippen LogP contribution in [-0.2, 0) is 9.53 Å². The van der Waals surface area contributed by atoms with Gasteiger partial charge in [0.25, 0.3) is 5.91 Å². The molecule has 1 heterocycles. The van der Waals surface area contributed by atoms with E-state index in [1.54, 1.807) is 6.92 Å². The first kappa shape index (κ1) is 22.7. The van der Waals surface area contributed by atoms with E-state index >= 15 is 0 Å². The minimum absolute atomic E-state index is 0.260. The molecule has 2 aromatic rings. The van der Waals surface area contributed by atoms with E-state index in [-0.39, 0.29) is 5.91 Å². The van der Waals surface area contributed by atoms with Gasteiger partial charge in [0.05, 0.1) is 37.8 Å². The Bertz CT molecular complexity index is 880. The van der Waals surface area contributed by atoms with Gasteiger partial charge in [-0.25, -0.2) is 0 Å². The Morgan fingerprint density at radius 3 is 2.48 bits per heavy atom. The molecule has 2 aromatic carbocycles. The Hall–Kier alpha value is -2.93. The molecule has 1 unspecified atom stereocenters. The number of anilines is 2. The Labute approximate surface area is 184 Å². The molecule has 0 saturated carbocycles. The molecule has 1 aliphatic heterocycles. The summed E-state index contributed by atoms with van der Waals surface area (Å²) in [5, 5.41) is 2.95. The molecular formula is C24H32N2O5. The number of benzene rings is 2. The molecule has 1 aliphatic rings. The number of nitrogens with one attached hydrogen (secondary N) is 1. The van der Waals surface area contributed by atoms with E-state index in [9.17, 15) is 4.79 Å². The Kier molecular flexibility index (Phi) is 8.00. The molecule has 1 atom stereocenters. The summed E-state index contributed by atoms with van der Waals surface area (Å²) in [6, 6.07) is 11.4. The van der Waals surface area contributed by atoms with Crippen LogP contribution in [0.25, 0.3) is 0 Å². The van der Waals surface area contributed by atoms with Crippen molar-refractivity contribution < 1.29 is 23.7 Å². The third-order valence-corrected chi connectivity index (χ3v) is 4.94. The summed E-state index contributed by atoms with van der Waals surface area (Å²) in [7, 11) is 0. The fourth-order valence-electron chi connectivity index (χ4n) is 3.42. The predicted octanol–water partition coefficient (Wildman–Crippen LogP) is 4.04. The molecule has 0 radical (unpaired) electrons. The number of rotatable bonds is 9. The first-order valence-electron chi connectivity index (χ1n) is 10.8. The van der Waals surface area contributed by atoms with E-state index in [4.69, 9.17) is 18.9 Å². The van der Waals surface area contributed by atoms with Crippen molar-refractivity contribution in [2.75, 3.05) is 49.7 Å². The van der Waals surface area contributed by atoms with Crippen molar-refractivity contribution in [2.24, 2.45) is 0 Å². The summed E-state index contributed by atoms with van der Waals surface area (Å²) < 4.78 is 23.0. The van der Waals surface area contributed by atoms with Crippen LogP contribution in [0.3, 0.4) is 0 Å². The lowest BCUT2D eigenvalue weighted by molar-refractivity contribution is -0.122. The minimum atomic E-state index is -0.675. The highest BCUT2D eigenvalue weighted by Gasteiger charge is 2.22. The molecular weight excluding hydrogens is 396 g/mol. The maximum absolute atomic E-state index is 12.9. The molecule has 0 bridgehead atoms. The van der Waals surface area contributed by atoms with Crippen LogP contribution in [0.1, 0.15) is 26.3 Å². The highest BCUT2D eigenvalue weighted by Crippen LogP contribution is 2.39. The molecule has 1 N–H and O–H groups in total. The number of morpholine rings is 1. The number of amides is 1. The van der Waals surface area contributed by atoms with Crippen LogP contribution in [0.15, 0.2) is 36.4 Å². The maximum atomic E-state index is 12.9. The quantitative estimate of drug-likeness (QED) is 0.650. The number of hydrogen-bond donors (Lipinski definition) is 1. The van der Waals surface area contributed by atoms with Crippen molar-refractivity contribution >= 4 is 17.3 Å². The van der Waals surface area contributed by atoms with E-state index < -0.39 is 6.10 Å². The predicted molar refractivity (Wildman–Crippen MR) is 122 cm³/mol. The van der Waals surface area contributed by atoms with Crippen molar-refractivity contribution in [2.45, 2.75) is 33.8 Å². The first-order chi connectivity index (χ1) is 15.0. The van der Waals surface area contributed by atoms with Crippen molar-refractivity contribution in [3.05, 3.63) is 42.0 Å². The van der Waals surface area contributed by atoms with Gasteiger partial charge in [-0.05, 0) is 45.4 Å². The second-order valence-electron chi connectivity index (χ2n) is 7.35. The van der Waals surface area contributed by atoms with Crippen LogP contribution >= 0.6 is 0 Å². The summed E-state index contributed by atoms with van der Waals surface area (Å²) in [6.45, 7) is 11.5. The molecule has 3 rings (SSSR count). The van der Waals surface area contributed by atoms with Gasteiger partial charge in [0.2, 0.25) is 0 Å².